The van der Waals surface area contributed by atoms with Crippen LogP contribution in [0.2, 0.25) is 0 Å². The summed E-state index contributed by atoms with van der Waals surface area (Å²) >= 11 is 0. The van der Waals surface area contributed by atoms with Crippen LogP contribution in [0.15, 0.2) is 34.3 Å². The maximum absolute atomic E-state index is 5.88. The molecule has 0 aliphatic carbocycles. The van der Waals surface area contributed by atoms with Crippen LogP contribution < -0.4 is 22.1 Å². The molecule has 6 nitrogen and oxygen atoms in total. The van der Waals surface area contributed by atoms with Gasteiger partial charge in [-0.1, -0.05) is 52.0 Å². The SMILES string of the molecule is CC(C)CCNC(N)=NCc1ccc(CN=C(N)NCCC(C)C)cc1.I. The summed E-state index contributed by atoms with van der Waals surface area (Å²) in [4.78, 5) is 8.74. The van der Waals surface area contributed by atoms with Gasteiger partial charge in [-0.2, -0.15) is 0 Å². The van der Waals surface area contributed by atoms with Crippen LogP contribution in [0.1, 0.15) is 51.7 Å². The third-order valence-electron chi connectivity index (χ3n) is 3.94. The van der Waals surface area contributed by atoms with Crippen molar-refractivity contribution >= 4 is 35.9 Å². The van der Waals surface area contributed by atoms with Gasteiger partial charge in [0.15, 0.2) is 11.9 Å². The summed E-state index contributed by atoms with van der Waals surface area (Å²) in [7, 11) is 0. The van der Waals surface area contributed by atoms with E-state index in [4.69, 9.17) is 11.5 Å². The highest BCUT2D eigenvalue weighted by molar-refractivity contribution is 14.0. The summed E-state index contributed by atoms with van der Waals surface area (Å²) in [5.41, 5.74) is 14.0. The first-order valence-electron chi connectivity index (χ1n) is 9.52. The predicted molar refractivity (Wildman–Crippen MR) is 127 cm³/mol. The second-order valence-corrected chi connectivity index (χ2v) is 7.44. The molecular weight excluding hydrogens is 451 g/mol. The highest BCUT2D eigenvalue weighted by Gasteiger charge is 1.98. The van der Waals surface area contributed by atoms with Crippen LogP contribution in [0, 0.1) is 11.8 Å². The van der Waals surface area contributed by atoms with E-state index in [1.807, 2.05) is 0 Å². The maximum Gasteiger partial charge on any atom is 0.188 e. The maximum atomic E-state index is 5.88. The van der Waals surface area contributed by atoms with E-state index in [2.05, 4.69) is 72.6 Å². The quantitative estimate of drug-likeness (QED) is 0.231. The van der Waals surface area contributed by atoms with E-state index in [1.54, 1.807) is 0 Å². The molecule has 0 heterocycles. The number of hydrogen-bond acceptors (Lipinski definition) is 2. The number of rotatable bonds is 10. The smallest absolute Gasteiger partial charge is 0.188 e. The summed E-state index contributed by atoms with van der Waals surface area (Å²) in [5.74, 6) is 2.31. The number of nitrogens with one attached hydrogen (secondary N) is 2. The zero-order valence-corrected chi connectivity index (χ0v) is 19.5. The molecule has 0 saturated carbocycles. The van der Waals surface area contributed by atoms with Gasteiger partial charge in [-0.05, 0) is 35.8 Å². The molecule has 1 aromatic carbocycles. The second kappa shape index (κ2) is 14.5. The summed E-state index contributed by atoms with van der Waals surface area (Å²) in [5, 5.41) is 6.28. The lowest BCUT2D eigenvalue weighted by Crippen LogP contribution is -2.33. The van der Waals surface area contributed by atoms with Crippen LogP contribution in [-0.2, 0) is 13.1 Å². The van der Waals surface area contributed by atoms with E-state index in [-0.39, 0.29) is 24.0 Å². The molecular formula is C20H37IN6. The van der Waals surface area contributed by atoms with Gasteiger partial charge in [0.2, 0.25) is 0 Å². The average Bonchev–Trinajstić information content (AvgIpc) is 2.58. The Morgan fingerprint density at radius 2 is 1.11 bits per heavy atom. The van der Waals surface area contributed by atoms with Crippen molar-refractivity contribution in [3.05, 3.63) is 35.4 Å². The van der Waals surface area contributed by atoms with E-state index in [9.17, 15) is 0 Å². The molecule has 27 heavy (non-hydrogen) atoms. The van der Waals surface area contributed by atoms with Crippen LogP contribution >= 0.6 is 24.0 Å². The van der Waals surface area contributed by atoms with Gasteiger partial charge in [0.05, 0.1) is 13.1 Å². The molecule has 0 aromatic heterocycles. The van der Waals surface area contributed by atoms with Crippen LogP contribution in [0.25, 0.3) is 0 Å². The lowest BCUT2D eigenvalue weighted by molar-refractivity contribution is 0.576. The number of guanidine groups is 2. The summed E-state index contributed by atoms with van der Waals surface area (Å²) in [6.07, 6.45) is 2.17. The minimum absolute atomic E-state index is 0. The number of nitrogens with zero attached hydrogens (tertiary/aromatic N) is 2. The van der Waals surface area contributed by atoms with E-state index >= 15 is 0 Å². The van der Waals surface area contributed by atoms with E-state index in [0.717, 1.165) is 37.1 Å². The van der Waals surface area contributed by atoms with Crippen LogP contribution in [0.4, 0.5) is 0 Å². The topological polar surface area (TPSA) is 101 Å². The minimum Gasteiger partial charge on any atom is -0.370 e. The van der Waals surface area contributed by atoms with Crippen LogP contribution in [0.5, 0.6) is 0 Å². The Bertz CT molecular complexity index is 515. The fraction of sp³-hybridized carbons (Fsp3) is 0.600. The molecule has 0 unspecified atom stereocenters. The lowest BCUT2D eigenvalue weighted by atomic mass is 10.1. The third kappa shape index (κ3) is 13.3. The van der Waals surface area contributed by atoms with Crippen LogP contribution in [-0.4, -0.2) is 25.0 Å². The van der Waals surface area contributed by atoms with Gasteiger partial charge < -0.3 is 22.1 Å². The fourth-order valence-electron chi connectivity index (χ4n) is 2.19. The minimum atomic E-state index is 0. The molecule has 7 heteroatoms. The molecule has 0 spiro atoms. The van der Waals surface area contributed by atoms with Crippen molar-refractivity contribution in [3.8, 4) is 0 Å². The average molecular weight is 488 g/mol. The summed E-state index contributed by atoms with van der Waals surface area (Å²) < 4.78 is 0. The Labute approximate surface area is 181 Å². The normalized spacial score (nSPS) is 12.2. The number of nitrogens with two attached hydrogens (primary N) is 2. The number of hydrogen-bond donors (Lipinski definition) is 4. The van der Waals surface area contributed by atoms with E-state index in [0.29, 0.717) is 36.8 Å². The van der Waals surface area contributed by atoms with Gasteiger partial charge in [-0.25, -0.2) is 9.98 Å². The summed E-state index contributed by atoms with van der Waals surface area (Å²) in [6.45, 7) is 11.6. The van der Waals surface area contributed by atoms with Gasteiger partial charge in [0.25, 0.3) is 0 Å². The number of benzene rings is 1. The highest BCUT2D eigenvalue weighted by Crippen LogP contribution is 2.07. The Morgan fingerprint density at radius 1 is 0.778 bits per heavy atom. The first-order chi connectivity index (χ1) is 12.4. The zero-order chi connectivity index (χ0) is 19.4. The molecule has 0 radical (unpaired) electrons. The van der Waals surface area contributed by atoms with Gasteiger partial charge in [0.1, 0.15) is 0 Å². The van der Waals surface area contributed by atoms with Gasteiger partial charge >= 0.3 is 0 Å². The standard InChI is InChI=1S/C20H36N6.HI/c1-15(2)9-11-23-19(21)25-13-17-5-7-18(8-6-17)14-26-20(22)24-12-10-16(3)4;/h5-8,15-16H,9-14H2,1-4H3,(H3,21,23,25)(H3,22,24,26);1H. The predicted octanol–water partition coefficient (Wildman–Crippen LogP) is 3.21. The molecule has 154 valence electrons. The number of halogens is 1. The highest BCUT2D eigenvalue weighted by atomic mass is 127. The molecule has 0 saturated heterocycles. The van der Waals surface area contributed by atoms with Gasteiger partial charge in [0, 0.05) is 13.1 Å². The van der Waals surface area contributed by atoms with Gasteiger partial charge in [-0.3, -0.25) is 0 Å². The van der Waals surface area contributed by atoms with Crippen LogP contribution in [0.3, 0.4) is 0 Å². The molecule has 6 N–H and O–H groups in total. The molecule has 0 aliphatic rings. The Kier molecular flexibility index (Phi) is 13.7. The fourth-order valence-corrected chi connectivity index (χ4v) is 2.19. The third-order valence-corrected chi connectivity index (χ3v) is 3.94. The molecule has 1 aromatic rings. The number of aliphatic imine (C=N–C) groups is 2. The molecule has 0 atom stereocenters. The van der Waals surface area contributed by atoms with Crippen molar-refractivity contribution in [1.29, 1.82) is 0 Å². The Hall–Kier alpha value is -1.51. The molecule has 0 aliphatic heterocycles. The Balaban J connectivity index is 0.00000676. The first kappa shape index (κ1) is 25.5. The largest absolute Gasteiger partial charge is 0.370 e. The Morgan fingerprint density at radius 3 is 1.41 bits per heavy atom. The van der Waals surface area contributed by atoms with Crippen molar-refractivity contribution in [2.24, 2.45) is 33.3 Å². The molecule has 1 rings (SSSR count). The first-order valence-corrected chi connectivity index (χ1v) is 9.52. The van der Waals surface area contributed by atoms with Gasteiger partial charge in [-0.15, -0.1) is 24.0 Å². The van der Waals surface area contributed by atoms with Crippen molar-refractivity contribution < 1.29 is 0 Å². The molecule has 0 bridgehead atoms. The van der Waals surface area contributed by atoms with Crippen molar-refractivity contribution in [3.63, 3.8) is 0 Å². The van der Waals surface area contributed by atoms with Crippen molar-refractivity contribution in [2.45, 2.75) is 53.6 Å². The monoisotopic (exact) mass is 488 g/mol. The lowest BCUT2D eigenvalue weighted by Gasteiger charge is -2.08. The molecule has 0 amide bonds. The van der Waals surface area contributed by atoms with Crippen molar-refractivity contribution in [1.82, 2.24) is 10.6 Å². The zero-order valence-electron chi connectivity index (χ0n) is 17.2. The summed E-state index contributed by atoms with van der Waals surface area (Å²) in [6, 6.07) is 8.21. The van der Waals surface area contributed by atoms with E-state index < -0.39 is 0 Å². The van der Waals surface area contributed by atoms with Crippen molar-refractivity contribution in [2.75, 3.05) is 13.1 Å². The van der Waals surface area contributed by atoms with E-state index in [1.165, 1.54) is 0 Å². The molecule has 0 fully saturated rings. The second-order valence-electron chi connectivity index (χ2n) is 7.44.